The molecule has 1 aromatic carbocycles. The largest absolute Gasteiger partial charge is 0.356 e. The molecule has 1 amide bonds. The van der Waals surface area contributed by atoms with Crippen molar-refractivity contribution in [1.29, 1.82) is 0 Å². The summed E-state index contributed by atoms with van der Waals surface area (Å²) in [7, 11) is 0. The van der Waals surface area contributed by atoms with E-state index in [4.69, 9.17) is 0 Å². The Kier molecular flexibility index (Phi) is 4.91. The van der Waals surface area contributed by atoms with Crippen molar-refractivity contribution in [3.05, 3.63) is 58.3 Å². The third-order valence-electron chi connectivity index (χ3n) is 5.90. The molecule has 4 heteroatoms. The Balaban J connectivity index is 1.20. The van der Waals surface area contributed by atoms with E-state index in [9.17, 15) is 4.79 Å². The third-order valence-corrected chi connectivity index (χ3v) is 6.63. The van der Waals surface area contributed by atoms with E-state index < -0.39 is 0 Å². The highest BCUT2D eigenvalue weighted by molar-refractivity contribution is 7.07. The minimum Gasteiger partial charge on any atom is -0.356 e. The minimum absolute atomic E-state index is 0.256. The summed E-state index contributed by atoms with van der Waals surface area (Å²) in [6.45, 7) is 4.07. The first-order valence-electron chi connectivity index (χ1n) is 9.30. The van der Waals surface area contributed by atoms with E-state index in [1.54, 1.807) is 11.3 Å². The average Bonchev–Trinajstić information content (AvgIpc) is 3.09. The zero-order chi connectivity index (χ0) is 17.1. The van der Waals surface area contributed by atoms with Crippen LogP contribution in [0.25, 0.3) is 0 Å². The molecule has 2 fully saturated rings. The summed E-state index contributed by atoms with van der Waals surface area (Å²) in [5.74, 6) is 0.536. The Morgan fingerprint density at radius 2 is 1.96 bits per heavy atom. The summed E-state index contributed by atoms with van der Waals surface area (Å²) in [6, 6.07) is 12.6. The molecule has 1 saturated carbocycles. The zero-order valence-electron chi connectivity index (χ0n) is 14.6. The van der Waals surface area contributed by atoms with Gasteiger partial charge in [-0.05, 0) is 72.1 Å². The number of carbonyl (C=O) groups excluding carboxylic acids is 1. The van der Waals surface area contributed by atoms with Gasteiger partial charge in [0.1, 0.15) is 0 Å². The highest BCUT2D eigenvalue weighted by Crippen LogP contribution is 2.59. The summed E-state index contributed by atoms with van der Waals surface area (Å²) in [5.41, 5.74) is 3.02. The quantitative estimate of drug-likeness (QED) is 0.858. The van der Waals surface area contributed by atoms with Crippen LogP contribution in [0.1, 0.15) is 30.4 Å². The highest BCUT2D eigenvalue weighted by atomic mass is 32.1. The van der Waals surface area contributed by atoms with E-state index >= 15 is 0 Å². The molecule has 1 aliphatic heterocycles. The number of rotatable bonds is 6. The summed E-state index contributed by atoms with van der Waals surface area (Å²) in [4.78, 5) is 15.0. The second-order valence-electron chi connectivity index (χ2n) is 7.55. The van der Waals surface area contributed by atoms with Gasteiger partial charge in [0.15, 0.2) is 0 Å². The van der Waals surface area contributed by atoms with Crippen molar-refractivity contribution in [3.63, 3.8) is 0 Å². The van der Waals surface area contributed by atoms with Gasteiger partial charge in [-0.25, -0.2) is 0 Å². The maximum absolute atomic E-state index is 12.5. The van der Waals surface area contributed by atoms with Crippen molar-refractivity contribution in [2.24, 2.45) is 11.3 Å². The van der Waals surface area contributed by atoms with Crippen molar-refractivity contribution >= 4 is 17.2 Å². The van der Waals surface area contributed by atoms with Gasteiger partial charge in [-0.3, -0.25) is 9.69 Å². The number of hydrogen-bond donors (Lipinski definition) is 1. The first-order valence-corrected chi connectivity index (χ1v) is 10.2. The summed E-state index contributed by atoms with van der Waals surface area (Å²) in [6.07, 6.45) is 4.36. The standard InChI is InChI=1S/C21H26N2OS/c24-20(22-10-6-17-4-2-1-3-5-17)19-14-21(19)8-11-23(12-9-21)15-18-7-13-25-16-18/h1-5,7,13,16,19H,6,8-12,14-15H2,(H,22,24)/t19-/m1/s1. The molecule has 0 bridgehead atoms. The van der Waals surface area contributed by atoms with Gasteiger partial charge in [0, 0.05) is 19.0 Å². The van der Waals surface area contributed by atoms with Gasteiger partial charge in [0.25, 0.3) is 0 Å². The van der Waals surface area contributed by atoms with Crippen molar-refractivity contribution < 1.29 is 4.79 Å². The lowest BCUT2D eigenvalue weighted by Gasteiger charge is -2.32. The smallest absolute Gasteiger partial charge is 0.223 e. The number of amides is 1. The van der Waals surface area contributed by atoms with Crippen LogP contribution < -0.4 is 5.32 Å². The predicted octanol–water partition coefficient (Wildman–Crippen LogP) is 3.71. The van der Waals surface area contributed by atoms with Crippen LogP contribution in [-0.2, 0) is 17.8 Å². The molecule has 2 heterocycles. The fourth-order valence-corrected chi connectivity index (χ4v) is 4.83. The van der Waals surface area contributed by atoms with Crippen LogP contribution in [0.2, 0.25) is 0 Å². The highest BCUT2D eigenvalue weighted by Gasteiger charge is 2.58. The lowest BCUT2D eigenvalue weighted by Crippen LogP contribution is -2.37. The van der Waals surface area contributed by atoms with Gasteiger partial charge >= 0.3 is 0 Å². The van der Waals surface area contributed by atoms with Gasteiger partial charge in [-0.15, -0.1) is 0 Å². The number of hydrogen-bond acceptors (Lipinski definition) is 3. The van der Waals surface area contributed by atoms with Crippen LogP contribution in [0.4, 0.5) is 0 Å². The molecule has 3 nitrogen and oxygen atoms in total. The van der Waals surface area contributed by atoms with Crippen LogP contribution in [0, 0.1) is 11.3 Å². The van der Waals surface area contributed by atoms with E-state index in [1.165, 1.54) is 24.0 Å². The molecule has 25 heavy (non-hydrogen) atoms. The number of nitrogens with zero attached hydrogens (tertiary/aromatic N) is 1. The van der Waals surface area contributed by atoms with Crippen molar-refractivity contribution in [2.75, 3.05) is 19.6 Å². The maximum atomic E-state index is 12.5. The maximum Gasteiger partial charge on any atom is 0.223 e. The SMILES string of the molecule is O=C(NCCc1ccccc1)[C@H]1CC12CCN(Cc1ccsc1)CC2. The van der Waals surface area contributed by atoms with E-state index in [-0.39, 0.29) is 11.8 Å². The van der Waals surface area contributed by atoms with Gasteiger partial charge in [0.2, 0.25) is 5.91 Å². The molecule has 0 unspecified atom stereocenters. The molecular weight excluding hydrogens is 328 g/mol. The number of piperidine rings is 1. The van der Waals surface area contributed by atoms with Crippen LogP contribution in [0.3, 0.4) is 0 Å². The number of benzene rings is 1. The monoisotopic (exact) mass is 354 g/mol. The Hall–Kier alpha value is -1.65. The third kappa shape index (κ3) is 3.96. The van der Waals surface area contributed by atoms with Crippen molar-refractivity contribution in [1.82, 2.24) is 10.2 Å². The van der Waals surface area contributed by atoms with E-state index in [2.05, 4.69) is 51.3 Å². The Bertz CT molecular complexity index is 690. The molecule has 1 spiro atoms. The lowest BCUT2D eigenvalue weighted by atomic mass is 9.90. The Morgan fingerprint density at radius 3 is 2.68 bits per heavy atom. The number of thiophene rings is 1. The number of nitrogens with one attached hydrogen (secondary N) is 1. The van der Waals surface area contributed by atoms with Crippen LogP contribution in [-0.4, -0.2) is 30.4 Å². The Morgan fingerprint density at radius 1 is 1.16 bits per heavy atom. The first-order chi connectivity index (χ1) is 12.3. The number of carbonyl (C=O) groups is 1. The van der Waals surface area contributed by atoms with Crippen LogP contribution in [0.15, 0.2) is 47.2 Å². The van der Waals surface area contributed by atoms with E-state index in [1.807, 2.05) is 6.07 Å². The van der Waals surface area contributed by atoms with Crippen molar-refractivity contribution in [2.45, 2.75) is 32.2 Å². The second-order valence-corrected chi connectivity index (χ2v) is 8.33. The topological polar surface area (TPSA) is 32.3 Å². The lowest BCUT2D eigenvalue weighted by molar-refractivity contribution is -0.123. The van der Waals surface area contributed by atoms with Crippen molar-refractivity contribution in [3.8, 4) is 0 Å². The average molecular weight is 355 g/mol. The number of likely N-dealkylation sites (tertiary alicyclic amines) is 1. The molecule has 1 saturated heterocycles. The summed E-state index contributed by atoms with van der Waals surface area (Å²) >= 11 is 1.77. The normalized spacial score (nSPS) is 22.0. The Labute approximate surface area is 154 Å². The molecular formula is C21H26N2OS. The van der Waals surface area contributed by atoms with Crippen LogP contribution in [0.5, 0.6) is 0 Å². The molecule has 1 atom stereocenters. The van der Waals surface area contributed by atoms with Crippen LogP contribution >= 0.6 is 11.3 Å². The predicted molar refractivity (Wildman–Crippen MR) is 103 cm³/mol. The van der Waals surface area contributed by atoms with Gasteiger partial charge < -0.3 is 5.32 Å². The molecule has 0 radical (unpaired) electrons. The van der Waals surface area contributed by atoms with E-state index in [0.717, 1.165) is 39.0 Å². The zero-order valence-corrected chi connectivity index (χ0v) is 15.4. The summed E-state index contributed by atoms with van der Waals surface area (Å²) in [5, 5.41) is 7.55. The molecule has 132 valence electrons. The van der Waals surface area contributed by atoms with Gasteiger partial charge in [-0.1, -0.05) is 30.3 Å². The van der Waals surface area contributed by atoms with E-state index in [0.29, 0.717) is 5.41 Å². The van der Waals surface area contributed by atoms with Gasteiger partial charge in [0.05, 0.1) is 0 Å². The molecule has 2 aliphatic rings. The molecule has 1 N–H and O–H groups in total. The molecule has 2 aromatic rings. The fraction of sp³-hybridized carbons (Fsp3) is 0.476. The fourth-order valence-electron chi connectivity index (χ4n) is 4.17. The second kappa shape index (κ2) is 7.30. The first kappa shape index (κ1) is 16.8. The minimum atomic E-state index is 0.256. The molecule has 1 aromatic heterocycles. The van der Waals surface area contributed by atoms with Gasteiger partial charge in [-0.2, -0.15) is 11.3 Å². The molecule has 4 rings (SSSR count). The molecule has 1 aliphatic carbocycles. The summed E-state index contributed by atoms with van der Waals surface area (Å²) < 4.78 is 0.